The summed E-state index contributed by atoms with van der Waals surface area (Å²) < 4.78 is 45.8. The van der Waals surface area contributed by atoms with Crippen molar-refractivity contribution in [2.75, 3.05) is 30.9 Å². The minimum absolute atomic E-state index is 0.0308. The summed E-state index contributed by atoms with van der Waals surface area (Å²) in [5, 5.41) is 11.5. The van der Waals surface area contributed by atoms with Gasteiger partial charge in [0.1, 0.15) is 9.84 Å². The van der Waals surface area contributed by atoms with Crippen molar-refractivity contribution >= 4 is 19.7 Å². The summed E-state index contributed by atoms with van der Waals surface area (Å²) >= 11 is 0. The zero-order valence-electron chi connectivity index (χ0n) is 11.0. The van der Waals surface area contributed by atoms with Crippen LogP contribution in [0.2, 0.25) is 0 Å². The third-order valence-corrected chi connectivity index (χ3v) is 5.18. The number of benzene rings is 1. The molecule has 0 aromatic heterocycles. The molecular formula is C12H16N2O4S2. The molecule has 6 nitrogen and oxygen atoms in total. The van der Waals surface area contributed by atoms with E-state index in [4.69, 9.17) is 5.26 Å². The monoisotopic (exact) mass is 316 g/mol. The van der Waals surface area contributed by atoms with Crippen molar-refractivity contribution in [3.8, 4) is 6.07 Å². The second-order valence-electron chi connectivity index (χ2n) is 4.34. The highest BCUT2D eigenvalue weighted by atomic mass is 32.2. The van der Waals surface area contributed by atoms with Crippen LogP contribution in [-0.4, -0.2) is 47.7 Å². The summed E-state index contributed by atoms with van der Waals surface area (Å²) in [6.07, 6.45) is 1.12. The summed E-state index contributed by atoms with van der Waals surface area (Å²) in [6.45, 7) is 0.376. The Kier molecular flexibility index (Phi) is 5.68. The average molecular weight is 316 g/mol. The Morgan fingerprint density at radius 1 is 1.15 bits per heavy atom. The lowest BCUT2D eigenvalue weighted by Gasteiger charge is -2.06. The Morgan fingerprint density at radius 2 is 1.80 bits per heavy atom. The number of hydrogen-bond acceptors (Lipinski definition) is 6. The predicted molar refractivity (Wildman–Crippen MR) is 75.8 cm³/mol. The lowest BCUT2D eigenvalue weighted by molar-refractivity contribution is 0.590. The average Bonchev–Trinajstić information content (AvgIpc) is 2.37. The van der Waals surface area contributed by atoms with Crippen molar-refractivity contribution < 1.29 is 16.8 Å². The number of hydrogen-bond donors (Lipinski definition) is 1. The van der Waals surface area contributed by atoms with Crippen molar-refractivity contribution in [3.05, 3.63) is 29.8 Å². The predicted octanol–water partition coefficient (Wildman–Crippen LogP) is -0.0338. The molecule has 1 aromatic carbocycles. The second kappa shape index (κ2) is 6.83. The van der Waals surface area contributed by atoms with Gasteiger partial charge < -0.3 is 5.32 Å². The fourth-order valence-corrected chi connectivity index (χ4v) is 3.22. The van der Waals surface area contributed by atoms with Gasteiger partial charge in [0.2, 0.25) is 0 Å². The fourth-order valence-electron chi connectivity index (χ4n) is 1.47. The Hall–Kier alpha value is -1.43. The standard InChI is InChI=1S/C12H16N2O4S2/c1-19(15,16)7-5-14-6-8-20(17,18)12-4-2-3-11(9-12)10-13/h2-4,9,14H,5-8H2,1H3. The van der Waals surface area contributed by atoms with E-state index in [1.807, 2.05) is 6.07 Å². The van der Waals surface area contributed by atoms with E-state index in [0.717, 1.165) is 6.26 Å². The smallest absolute Gasteiger partial charge is 0.179 e. The molecular weight excluding hydrogens is 300 g/mol. The molecule has 0 aliphatic rings. The molecule has 0 saturated carbocycles. The van der Waals surface area contributed by atoms with E-state index in [1.54, 1.807) is 0 Å². The molecule has 0 aliphatic heterocycles. The summed E-state index contributed by atoms with van der Waals surface area (Å²) in [6, 6.07) is 7.70. The van der Waals surface area contributed by atoms with Crippen LogP contribution >= 0.6 is 0 Å². The lowest BCUT2D eigenvalue weighted by atomic mass is 10.2. The number of nitrogens with zero attached hydrogens (tertiary/aromatic N) is 1. The van der Waals surface area contributed by atoms with Gasteiger partial charge in [0.15, 0.2) is 9.84 Å². The molecule has 0 unspecified atom stereocenters. The Bertz CT molecular complexity index is 703. The molecule has 110 valence electrons. The van der Waals surface area contributed by atoms with Crippen molar-refractivity contribution in [2.45, 2.75) is 4.90 Å². The molecule has 0 spiro atoms. The Labute approximate surface area is 119 Å². The summed E-state index contributed by atoms with van der Waals surface area (Å²) in [5.41, 5.74) is 0.288. The maximum Gasteiger partial charge on any atom is 0.179 e. The molecule has 1 rings (SSSR count). The second-order valence-corrected chi connectivity index (χ2v) is 8.71. The zero-order chi connectivity index (χ0) is 15.2. The Balaban J connectivity index is 2.56. The van der Waals surface area contributed by atoms with Crippen LogP contribution in [0.15, 0.2) is 29.2 Å². The van der Waals surface area contributed by atoms with E-state index in [2.05, 4.69) is 5.32 Å². The number of rotatable bonds is 7. The van der Waals surface area contributed by atoms with Gasteiger partial charge in [-0.1, -0.05) is 6.07 Å². The van der Waals surface area contributed by atoms with Crippen LogP contribution in [0.5, 0.6) is 0 Å². The first-order chi connectivity index (χ1) is 9.24. The van der Waals surface area contributed by atoms with Gasteiger partial charge in [0.25, 0.3) is 0 Å². The van der Waals surface area contributed by atoms with Crippen LogP contribution in [-0.2, 0) is 19.7 Å². The maximum absolute atomic E-state index is 12.0. The van der Waals surface area contributed by atoms with E-state index in [-0.39, 0.29) is 35.1 Å². The van der Waals surface area contributed by atoms with Gasteiger partial charge in [-0.3, -0.25) is 0 Å². The largest absolute Gasteiger partial charge is 0.315 e. The third kappa shape index (κ3) is 5.69. The van der Waals surface area contributed by atoms with E-state index in [0.29, 0.717) is 0 Å². The molecule has 1 aromatic rings. The highest BCUT2D eigenvalue weighted by Crippen LogP contribution is 2.12. The van der Waals surface area contributed by atoms with Crippen LogP contribution in [0.4, 0.5) is 0 Å². The first kappa shape index (κ1) is 16.6. The van der Waals surface area contributed by atoms with Crippen molar-refractivity contribution in [1.82, 2.24) is 5.32 Å². The van der Waals surface area contributed by atoms with Gasteiger partial charge in [-0.05, 0) is 18.2 Å². The van der Waals surface area contributed by atoms with Gasteiger partial charge in [-0.15, -0.1) is 0 Å². The Morgan fingerprint density at radius 3 is 2.40 bits per heavy atom. The molecule has 20 heavy (non-hydrogen) atoms. The topological polar surface area (TPSA) is 104 Å². The highest BCUT2D eigenvalue weighted by Gasteiger charge is 2.14. The first-order valence-corrected chi connectivity index (χ1v) is 9.57. The first-order valence-electron chi connectivity index (χ1n) is 5.86. The van der Waals surface area contributed by atoms with Crippen LogP contribution in [0.25, 0.3) is 0 Å². The van der Waals surface area contributed by atoms with Crippen molar-refractivity contribution in [3.63, 3.8) is 0 Å². The van der Waals surface area contributed by atoms with Crippen LogP contribution < -0.4 is 5.32 Å². The lowest BCUT2D eigenvalue weighted by Crippen LogP contribution is -2.27. The van der Waals surface area contributed by atoms with Crippen LogP contribution in [0.1, 0.15) is 5.56 Å². The van der Waals surface area contributed by atoms with Gasteiger partial charge in [0.05, 0.1) is 28.0 Å². The van der Waals surface area contributed by atoms with E-state index in [9.17, 15) is 16.8 Å². The van der Waals surface area contributed by atoms with E-state index in [1.165, 1.54) is 24.3 Å². The number of sulfone groups is 2. The van der Waals surface area contributed by atoms with Crippen LogP contribution in [0, 0.1) is 11.3 Å². The maximum atomic E-state index is 12.0. The quantitative estimate of drug-likeness (QED) is 0.708. The van der Waals surface area contributed by atoms with Crippen LogP contribution in [0.3, 0.4) is 0 Å². The summed E-state index contributed by atoms with van der Waals surface area (Å²) in [5.74, 6) is -0.178. The molecule has 1 N–H and O–H groups in total. The molecule has 0 amide bonds. The molecule has 0 saturated heterocycles. The molecule has 0 heterocycles. The van der Waals surface area contributed by atoms with Crippen molar-refractivity contribution in [2.24, 2.45) is 0 Å². The minimum Gasteiger partial charge on any atom is -0.315 e. The summed E-state index contributed by atoms with van der Waals surface area (Å²) in [7, 11) is -6.52. The SMILES string of the molecule is CS(=O)(=O)CCNCCS(=O)(=O)c1cccc(C#N)c1. The molecule has 0 fully saturated rings. The molecule has 0 atom stereocenters. The van der Waals surface area contributed by atoms with E-state index >= 15 is 0 Å². The van der Waals surface area contributed by atoms with Gasteiger partial charge in [-0.2, -0.15) is 5.26 Å². The highest BCUT2D eigenvalue weighted by molar-refractivity contribution is 7.91. The molecule has 8 heteroatoms. The van der Waals surface area contributed by atoms with Crippen molar-refractivity contribution in [1.29, 1.82) is 5.26 Å². The summed E-state index contributed by atoms with van der Waals surface area (Å²) in [4.78, 5) is 0.0986. The minimum atomic E-state index is -3.47. The molecule has 0 aliphatic carbocycles. The number of nitriles is 1. The van der Waals surface area contributed by atoms with Gasteiger partial charge >= 0.3 is 0 Å². The molecule has 0 bridgehead atoms. The third-order valence-electron chi connectivity index (χ3n) is 2.52. The van der Waals surface area contributed by atoms with E-state index < -0.39 is 19.7 Å². The van der Waals surface area contributed by atoms with Gasteiger partial charge in [-0.25, -0.2) is 16.8 Å². The number of nitrogens with one attached hydrogen (secondary N) is 1. The fraction of sp³-hybridized carbons (Fsp3) is 0.417. The molecule has 0 radical (unpaired) electrons. The zero-order valence-corrected chi connectivity index (χ0v) is 12.7. The normalized spacial score (nSPS) is 12.0. The van der Waals surface area contributed by atoms with Gasteiger partial charge in [0, 0.05) is 19.3 Å².